The van der Waals surface area contributed by atoms with Crippen molar-refractivity contribution in [2.45, 2.75) is 85.4 Å². The molecule has 0 bridgehead atoms. The molecular formula is C25H34O5. The molecule has 5 nitrogen and oxygen atoms in total. The van der Waals surface area contributed by atoms with E-state index in [0.29, 0.717) is 18.3 Å². The summed E-state index contributed by atoms with van der Waals surface area (Å²) in [5.41, 5.74) is 1.96. The van der Waals surface area contributed by atoms with E-state index in [-0.39, 0.29) is 46.7 Å². The van der Waals surface area contributed by atoms with E-state index < -0.39 is 0 Å². The highest BCUT2D eigenvalue weighted by molar-refractivity contribution is 5.95. The van der Waals surface area contributed by atoms with Gasteiger partial charge in [-0.15, -0.1) is 0 Å². The Hall–Kier alpha value is -1.91. The normalized spacial score (nSPS) is 42.1. The highest BCUT2D eigenvalue weighted by Gasteiger charge is 2.61. The molecule has 4 aliphatic carbocycles. The van der Waals surface area contributed by atoms with Crippen LogP contribution in [0.1, 0.15) is 73.1 Å². The molecule has 0 aromatic carbocycles. The van der Waals surface area contributed by atoms with Crippen LogP contribution in [0.4, 0.5) is 0 Å². The van der Waals surface area contributed by atoms with Gasteiger partial charge in [0.1, 0.15) is 12.2 Å². The van der Waals surface area contributed by atoms with Crippen molar-refractivity contribution in [3.8, 4) is 0 Å². The summed E-state index contributed by atoms with van der Waals surface area (Å²) in [7, 11) is 0. The summed E-state index contributed by atoms with van der Waals surface area (Å²) in [6, 6.07) is 0. The van der Waals surface area contributed by atoms with E-state index in [1.54, 1.807) is 6.92 Å². The zero-order chi connectivity index (χ0) is 21.8. The third kappa shape index (κ3) is 3.25. The van der Waals surface area contributed by atoms with E-state index in [2.05, 4.69) is 26.0 Å². The number of esters is 2. The molecule has 2 fully saturated rings. The van der Waals surface area contributed by atoms with Crippen molar-refractivity contribution < 1.29 is 23.9 Å². The molecule has 0 N–H and O–H groups in total. The maximum atomic E-state index is 12.4. The fraction of sp³-hybridized carbons (Fsp3) is 0.720. The lowest BCUT2D eigenvalue weighted by Crippen LogP contribution is -2.57. The van der Waals surface area contributed by atoms with E-state index in [9.17, 15) is 14.4 Å². The van der Waals surface area contributed by atoms with E-state index in [4.69, 9.17) is 9.47 Å². The zero-order valence-corrected chi connectivity index (χ0v) is 18.8. The summed E-state index contributed by atoms with van der Waals surface area (Å²) in [5, 5.41) is 0. The number of allylic oxidation sites excluding steroid dienone is 3. The summed E-state index contributed by atoms with van der Waals surface area (Å²) >= 11 is 0. The van der Waals surface area contributed by atoms with E-state index >= 15 is 0 Å². The number of hydrogen-bond acceptors (Lipinski definition) is 5. The van der Waals surface area contributed by atoms with Crippen LogP contribution in [0.3, 0.4) is 0 Å². The lowest BCUT2D eigenvalue weighted by Gasteiger charge is -2.59. The number of rotatable bonds is 3. The highest BCUT2D eigenvalue weighted by atomic mass is 16.5. The van der Waals surface area contributed by atoms with Gasteiger partial charge in [-0.3, -0.25) is 14.4 Å². The minimum absolute atomic E-state index is 0.0585. The Morgan fingerprint density at radius 2 is 1.67 bits per heavy atom. The van der Waals surface area contributed by atoms with Crippen LogP contribution in [0.5, 0.6) is 0 Å². The first-order chi connectivity index (χ1) is 14.1. The molecule has 4 rings (SSSR count). The van der Waals surface area contributed by atoms with Crippen LogP contribution < -0.4 is 0 Å². The summed E-state index contributed by atoms with van der Waals surface area (Å²) in [6.07, 6.45) is 9.33. The molecule has 164 valence electrons. The molecule has 30 heavy (non-hydrogen) atoms. The van der Waals surface area contributed by atoms with Crippen molar-refractivity contribution in [3.05, 3.63) is 23.3 Å². The van der Waals surface area contributed by atoms with Gasteiger partial charge in [0.2, 0.25) is 0 Å². The number of Topliss-reactive ketones (excluding diaryl/α,β-unsaturated/α-hetero) is 1. The van der Waals surface area contributed by atoms with Crippen LogP contribution >= 0.6 is 0 Å². The van der Waals surface area contributed by atoms with Crippen LogP contribution in [0.15, 0.2) is 23.3 Å². The number of ketones is 1. The van der Waals surface area contributed by atoms with E-state index in [1.165, 1.54) is 19.4 Å². The Labute approximate surface area is 179 Å². The van der Waals surface area contributed by atoms with Crippen LogP contribution in [-0.2, 0) is 23.9 Å². The number of carbonyl (C=O) groups is 3. The smallest absolute Gasteiger partial charge is 0.302 e. The first-order valence-corrected chi connectivity index (χ1v) is 11.3. The molecular weight excluding hydrogens is 380 g/mol. The molecule has 0 aromatic heterocycles. The number of ether oxygens (including phenoxy) is 2. The van der Waals surface area contributed by atoms with Crippen LogP contribution in [-0.4, -0.2) is 29.9 Å². The molecule has 7 atom stereocenters. The lowest BCUT2D eigenvalue weighted by atomic mass is 9.46. The molecule has 0 aliphatic heterocycles. The van der Waals surface area contributed by atoms with Crippen LogP contribution in [0.25, 0.3) is 0 Å². The van der Waals surface area contributed by atoms with Crippen LogP contribution in [0.2, 0.25) is 0 Å². The van der Waals surface area contributed by atoms with Crippen molar-refractivity contribution >= 4 is 17.7 Å². The Balaban J connectivity index is 1.70. The van der Waals surface area contributed by atoms with Gasteiger partial charge in [-0.2, -0.15) is 0 Å². The quantitative estimate of drug-likeness (QED) is 0.501. The maximum absolute atomic E-state index is 12.4. The Kier molecular flexibility index (Phi) is 5.22. The Morgan fingerprint density at radius 3 is 2.30 bits per heavy atom. The number of carbonyl (C=O) groups excluding carboxylic acids is 3. The van der Waals surface area contributed by atoms with Gasteiger partial charge in [0.25, 0.3) is 0 Å². The minimum Gasteiger partial charge on any atom is -0.462 e. The molecule has 0 heterocycles. The molecule has 0 amide bonds. The van der Waals surface area contributed by atoms with Crippen molar-refractivity contribution in [2.75, 3.05) is 0 Å². The predicted molar refractivity (Wildman–Crippen MR) is 112 cm³/mol. The SMILES string of the molecule is CC(=O)O[C@H]1CC[C@@]2(C)C(=CC[C@@H]3[C@@H]2[C@H](OC(C)=O)C[C@]2(C)C(C(C)=O)=CC[C@@H]32)C1. The molecule has 0 saturated heterocycles. The van der Waals surface area contributed by atoms with Gasteiger partial charge in [0.05, 0.1) is 0 Å². The second-order valence-corrected chi connectivity index (χ2v) is 10.3. The highest BCUT2D eigenvalue weighted by Crippen LogP contribution is 2.65. The van der Waals surface area contributed by atoms with Crippen molar-refractivity contribution in [1.82, 2.24) is 0 Å². The fourth-order valence-corrected chi connectivity index (χ4v) is 7.50. The van der Waals surface area contributed by atoms with E-state index in [0.717, 1.165) is 37.7 Å². The van der Waals surface area contributed by atoms with Crippen molar-refractivity contribution in [3.63, 3.8) is 0 Å². The molecule has 0 radical (unpaired) electrons. The average molecular weight is 415 g/mol. The standard InChI is InChI=1S/C25H34O5/c1-14(26)20-8-9-21-19-7-6-17-12-18(29-15(2)27)10-11-24(17,4)23(19)22(30-16(3)28)13-25(20,21)5/h6,8,18-19,21-23H,7,9-13H2,1-5H3/t18-,19-,21-,22+,23+,24-,25+/m0/s1. The topological polar surface area (TPSA) is 69.7 Å². The van der Waals surface area contributed by atoms with Crippen LogP contribution in [0, 0.1) is 28.6 Å². The third-order valence-corrected chi connectivity index (χ3v) is 8.58. The second kappa shape index (κ2) is 7.35. The summed E-state index contributed by atoms with van der Waals surface area (Å²) in [4.78, 5) is 35.9. The van der Waals surface area contributed by atoms with Gasteiger partial charge < -0.3 is 9.47 Å². The fourth-order valence-electron chi connectivity index (χ4n) is 7.50. The van der Waals surface area contributed by atoms with Gasteiger partial charge in [0.15, 0.2) is 5.78 Å². The Morgan fingerprint density at radius 1 is 0.967 bits per heavy atom. The molecule has 0 spiro atoms. The third-order valence-electron chi connectivity index (χ3n) is 8.58. The lowest BCUT2D eigenvalue weighted by molar-refractivity contribution is -0.171. The van der Waals surface area contributed by atoms with Gasteiger partial charge in [-0.05, 0) is 61.9 Å². The van der Waals surface area contributed by atoms with E-state index in [1.807, 2.05) is 0 Å². The monoisotopic (exact) mass is 414 g/mol. The molecule has 4 aliphatic rings. The predicted octanol–water partition coefficient (Wildman–Crippen LogP) is 4.55. The zero-order valence-electron chi connectivity index (χ0n) is 18.8. The second-order valence-electron chi connectivity index (χ2n) is 10.3. The largest absolute Gasteiger partial charge is 0.462 e. The molecule has 0 unspecified atom stereocenters. The summed E-state index contributed by atoms with van der Waals surface area (Å²) in [6.45, 7) is 9.12. The van der Waals surface area contributed by atoms with Gasteiger partial charge in [-0.1, -0.05) is 31.6 Å². The molecule has 0 aromatic rings. The summed E-state index contributed by atoms with van der Waals surface area (Å²) < 4.78 is 11.5. The number of fused-ring (bicyclic) bond motifs is 5. The minimum atomic E-state index is -0.250. The number of hydrogen-bond donors (Lipinski definition) is 0. The van der Waals surface area contributed by atoms with Gasteiger partial charge in [-0.25, -0.2) is 0 Å². The summed E-state index contributed by atoms with van der Waals surface area (Å²) in [5.74, 6) is 0.672. The molecule has 5 heteroatoms. The molecule has 2 saturated carbocycles. The first kappa shape index (κ1) is 21.3. The first-order valence-electron chi connectivity index (χ1n) is 11.3. The van der Waals surface area contributed by atoms with Gasteiger partial charge >= 0.3 is 11.9 Å². The van der Waals surface area contributed by atoms with Crippen molar-refractivity contribution in [2.24, 2.45) is 28.6 Å². The van der Waals surface area contributed by atoms with Gasteiger partial charge in [0, 0.05) is 31.6 Å². The Bertz CT molecular complexity index is 838. The average Bonchev–Trinajstić information content (AvgIpc) is 2.97. The van der Waals surface area contributed by atoms with Crippen molar-refractivity contribution in [1.29, 1.82) is 0 Å². The maximum Gasteiger partial charge on any atom is 0.302 e.